The van der Waals surface area contributed by atoms with Gasteiger partial charge in [-0.1, -0.05) is 6.07 Å². The highest BCUT2D eigenvalue weighted by Gasteiger charge is 2.11. The van der Waals surface area contributed by atoms with Crippen LogP contribution in [0.2, 0.25) is 0 Å². The summed E-state index contributed by atoms with van der Waals surface area (Å²) in [4.78, 5) is 20.1. The van der Waals surface area contributed by atoms with Crippen LogP contribution in [0.3, 0.4) is 0 Å². The smallest absolute Gasteiger partial charge is 0.335 e. The lowest BCUT2D eigenvalue weighted by Gasteiger charge is -2.13. The molecule has 1 aromatic heterocycles. The fraction of sp³-hybridized carbons (Fsp3) is 0.105. The number of aromatic carboxylic acids is 1. The highest BCUT2D eigenvalue weighted by molar-refractivity contribution is 5.89. The van der Waals surface area contributed by atoms with Crippen molar-refractivity contribution in [2.75, 3.05) is 5.32 Å². The molecule has 0 aliphatic rings. The maximum atomic E-state index is 13.1. The summed E-state index contributed by atoms with van der Waals surface area (Å²) in [6, 6.07) is 12.4. The predicted molar refractivity (Wildman–Crippen MR) is 93.6 cm³/mol. The van der Waals surface area contributed by atoms with Gasteiger partial charge in [0.2, 0.25) is 0 Å². The van der Waals surface area contributed by atoms with Gasteiger partial charge in [-0.2, -0.15) is 0 Å². The zero-order chi connectivity index (χ0) is 18.0. The summed E-state index contributed by atoms with van der Waals surface area (Å²) in [6.07, 6.45) is 0. The van der Waals surface area contributed by atoms with Crippen LogP contribution in [0, 0.1) is 19.7 Å². The molecule has 2 aromatic carbocycles. The molecule has 25 heavy (non-hydrogen) atoms. The number of carboxylic acid groups (broad SMARTS) is 1. The second-order valence-electron chi connectivity index (χ2n) is 5.62. The quantitative estimate of drug-likeness (QED) is 0.740. The Morgan fingerprint density at radius 3 is 2.48 bits per heavy atom. The molecule has 3 aromatic rings. The average molecular weight is 337 g/mol. The molecule has 3 rings (SSSR count). The number of aryl methyl sites for hydroxylation is 1. The van der Waals surface area contributed by atoms with Gasteiger partial charge in [0.15, 0.2) is 5.82 Å². The van der Waals surface area contributed by atoms with Crippen LogP contribution in [0.1, 0.15) is 21.6 Å². The molecule has 0 saturated carbocycles. The largest absolute Gasteiger partial charge is 0.478 e. The van der Waals surface area contributed by atoms with Crippen molar-refractivity contribution >= 4 is 17.5 Å². The van der Waals surface area contributed by atoms with E-state index in [1.165, 1.54) is 24.3 Å². The number of hydrogen-bond acceptors (Lipinski definition) is 4. The van der Waals surface area contributed by atoms with Crippen LogP contribution in [-0.4, -0.2) is 21.0 Å². The molecule has 0 amide bonds. The van der Waals surface area contributed by atoms with Gasteiger partial charge in [0.05, 0.1) is 5.56 Å². The molecule has 5 nitrogen and oxygen atoms in total. The van der Waals surface area contributed by atoms with Crippen LogP contribution in [0.25, 0.3) is 11.4 Å². The van der Waals surface area contributed by atoms with Crippen LogP contribution < -0.4 is 5.32 Å². The monoisotopic (exact) mass is 337 g/mol. The number of hydrogen-bond donors (Lipinski definition) is 2. The van der Waals surface area contributed by atoms with Gasteiger partial charge in [0.1, 0.15) is 11.6 Å². The van der Waals surface area contributed by atoms with Crippen LogP contribution in [0.4, 0.5) is 15.9 Å². The molecule has 6 heteroatoms. The number of rotatable bonds is 4. The fourth-order valence-corrected chi connectivity index (χ4v) is 2.35. The zero-order valence-corrected chi connectivity index (χ0v) is 13.7. The van der Waals surface area contributed by atoms with E-state index in [-0.39, 0.29) is 11.4 Å². The molecule has 0 saturated heterocycles. The summed E-state index contributed by atoms with van der Waals surface area (Å²) in [7, 11) is 0. The van der Waals surface area contributed by atoms with Crippen molar-refractivity contribution in [1.82, 2.24) is 9.97 Å². The van der Waals surface area contributed by atoms with Gasteiger partial charge in [0, 0.05) is 22.5 Å². The summed E-state index contributed by atoms with van der Waals surface area (Å²) >= 11 is 0. The van der Waals surface area contributed by atoms with Gasteiger partial charge >= 0.3 is 5.97 Å². The molecule has 126 valence electrons. The molecule has 0 spiro atoms. The van der Waals surface area contributed by atoms with Crippen molar-refractivity contribution < 1.29 is 14.3 Å². The minimum atomic E-state index is -0.994. The lowest BCUT2D eigenvalue weighted by Crippen LogP contribution is -2.04. The van der Waals surface area contributed by atoms with E-state index in [0.717, 1.165) is 11.3 Å². The van der Waals surface area contributed by atoms with Crippen molar-refractivity contribution in [1.29, 1.82) is 0 Å². The molecular formula is C19H16FN3O2. The third kappa shape index (κ3) is 3.63. The Morgan fingerprint density at radius 1 is 1.08 bits per heavy atom. The first-order valence-electron chi connectivity index (χ1n) is 7.65. The fourth-order valence-electron chi connectivity index (χ4n) is 2.35. The first-order valence-corrected chi connectivity index (χ1v) is 7.65. The van der Waals surface area contributed by atoms with Gasteiger partial charge in [-0.3, -0.25) is 0 Å². The van der Waals surface area contributed by atoms with Crippen molar-refractivity contribution in [2.24, 2.45) is 0 Å². The Bertz CT molecular complexity index is 940. The molecule has 0 bridgehead atoms. The SMILES string of the molecule is Cc1nc(-c2ccc(F)cc2)nc(Nc2cccc(C(=O)O)c2)c1C. The van der Waals surface area contributed by atoms with Crippen molar-refractivity contribution in [3.05, 3.63) is 71.2 Å². The predicted octanol–water partition coefficient (Wildman–Crippen LogP) is 4.34. The Balaban J connectivity index is 2.00. The minimum Gasteiger partial charge on any atom is -0.478 e. The van der Waals surface area contributed by atoms with E-state index < -0.39 is 5.97 Å². The number of aromatic nitrogens is 2. The van der Waals surface area contributed by atoms with Crippen LogP contribution in [-0.2, 0) is 0 Å². The molecular weight excluding hydrogens is 321 g/mol. The van der Waals surface area contributed by atoms with Gasteiger partial charge in [-0.05, 0) is 56.3 Å². The van der Waals surface area contributed by atoms with Crippen molar-refractivity contribution in [3.63, 3.8) is 0 Å². The number of anilines is 2. The standard InChI is InChI=1S/C19H16FN3O2/c1-11-12(2)21-18(13-6-8-15(20)9-7-13)23-17(11)22-16-5-3-4-14(10-16)19(24)25/h3-10H,1-2H3,(H,24,25)(H,21,22,23). The topological polar surface area (TPSA) is 75.1 Å². The van der Waals surface area contributed by atoms with E-state index in [1.54, 1.807) is 24.3 Å². The van der Waals surface area contributed by atoms with Crippen LogP contribution >= 0.6 is 0 Å². The highest BCUT2D eigenvalue weighted by Crippen LogP contribution is 2.25. The highest BCUT2D eigenvalue weighted by atomic mass is 19.1. The summed E-state index contributed by atoms with van der Waals surface area (Å²) in [5.74, 6) is -0.267. The summed E-state index contributed by atoms with van der Waals surface area (Å²) in [6.45, 7) is 3.75. The first-order chi connectivity index (χ1) is 11.9. The Labute approximate surface area is 144 Å². The first kappa shape index (κ1) is 16.6. The van der Waals surface area contributed by atoms with Crippen molar-refractivity contribution in [2.45, 2.75) is 13.8 Å². The second-order valence-corrected chi connectivity index (χ2v) is 5.62. The number of benzene rings is 2. The van der Waals surface area contributed by atoms with Gasteiger partial charge in [0.25, 0.3) is 0 Å². The summed E-state index contributed by atoms with van der Waals surface area (Å²) in [5, 5.41) is 12.2. The van der Waals surface area contributed by atoms with Gasteiger partial charge in [-0.15, -0.1) is 0 Å². The average Bonchev–Trinajstić information content (AvgIpc) is 2.59. The summed E-state index contributed by atoms with van der Waals surface area (Å²) < 4.78 is 13.1. The Morgan fingerprint density at radius 2 is 1.80 bits per heavy atom. The van der Waals surface area contributed by atoms with E-state index in [0.29, 0.717) is 22.9 Å². The molecule has 0 aliphatic carbocycles. The molecule has 2 N–H and O–H groups in total. The maximum Gasteiger partial charge on any atom is 0.335 e. The second kappa shape index (κ2) is 6.68. The molecule has 0 aliphatic heterocycles. The third-order valence-corrected chi connectivity index (χ3v) is 3.86. The van der Waals surface area contributed by atoms with Gasteiger partial charge in [-0.25, -0.2) is 19.2 Å². The van der Waals surface area contributed by atoms with E-state index in [9.17, 15) is 9.18 Å². The normalized spacial score (nSPS) is 10.5. The zero-order valence-electron chi connectivity index (χ0n) is 13.7. The number of nitrogens with one attached hydrogen (secondary N) is 1. The minimum absolute atomic E-state index is 0.187. The molecule has 0 fully saturated rings. The molecule has 0 atom stereocenters. The van der Waals surface area contributed by atoms with E-state index >= 15 is 0 Å². The molecule has 0 unspecified atom stereocenters. The Kier molecular flexibility index (Phi) is 4.43. The third-order valence-electron chi connectivity index (χ3n) is 3.86. The number of halogens is 1. The van der Waals surface area contributed by atoms with Gasteiger partial charge < -0.3 is 10.4 Å². The van der Waals surface area contributed by atoms with Crippen LogP contribution in [0.5, 0.6) is 0 Å². The number of nitrogens with zero attached hydrogens (tertiary/aromatic N) is 2. The maximum absolute atomic E-state index is 13.1. The van der Waals surface area contributed by atoms with Crippen molar-refractivity contribution in [3.8, 4) is 11.4 Å². The molecule has 0 radical (unpaired) electrons. The summed E-state index contributed by atoms with van der Waals surface area (Å²) in [5.41, 5.74) is 3.14. The number of carboxylic acids is 1. The molecule has 1 heterocycles. The van der Waals surface area contributed by atoms with E-state index in [2.05, 4.69) is 15.3 Å². The van der Waals surface area contributed by atoms with E-state index in [4.69, 9.17) is 5.11 Å². The van der Waals surface area contributed by atoms with E-state index in [1.807, 2.05) is 13.8 Å². The lowest BCUT2D eigenvalue weighted by atomic mass is 10.1. The lowest BCUT2D eigenvalue weighted by molar-refractivity contribution is 0.0697. The van der Waals surface area contributed by atoms with Crippen LogP contribution in [0.15, 0.2) is 48.5 Å². The number of carbonyl (C=O) groups is 1. The Hall–Kier alpha value is -3.28.